The molecule has 1 unspecified atom stereocenters. The van der Waals surface area contributed by atoms with E-state index in [4.69, 9.17) is 10.7 Å². The SMILES string of the molecule is CC(=O)N1CCCCCC1c1nc(-c2ccc(C(=O)Nc3ccccn3)cc2)c2c(N)nccn12. The second kappa shape index (κ2) is 9.54. The zero-order valence-electron chi connectivity index (χ0n) is 19.5. The van der Waals surface area contributed by atoms with Crippen LogP contribution < -0.4 is 11.1 Å². The number of hydrogen-bond acceptors (Lipinski definition) is 6. The van der Waals surface area contributed by atoms with Crippen LogP contribution in [0.2, 0.25) is 0 Å². The normalized spacial score (nSPS) is 16.1. The van der Waals surface area contributed by atoms with E-state index in [9.17, 15) is 9.59 Å². The molecule has 2 amide bonds. The molecule has 1 atom stereocenters. The molecule has 35 heavy (non-hydrogen) atoms. The van der Waals surface area contributed by atoms with Gasteiger partial charge >= 0.3 is 0 Å². The number of fused-ring (bicyclic) bond motifs is 1. The van der Waals surface area contributed by atoms with E-state index >= 15 is 0 Å². The van der Waals surface area contributed by atoms with Crippen LogP contribution in [-0.2, 0) is 4.79 Å². The minimum absolute atomic E-state index is 0.0421. The smallest absolute Gasteiger partial charge is 0.256 e. The summed E-state index contributed by atoms with van der Waals surface area (Å²) in [6.45, 7) is 2.32. The van der Waals surface area contributed by atoms with Crippen LogP contribution >= 0.6 is 0 Å². The second-order valence-corrected chi connectivity index (χ2v) is 8.67. The van der Waals surface area contributed by atoms with Crippen LogP contribution in [0.3, 0.4) is 0 Å². The molecule has 0 spiro atoms. The number of anilines is 2. The summed E-state index contributed by atoms with van der Waals surface area (Å²) < 4.78 is 1.95. The molecule has 1 aliphatic rings. The van der Waals surface area contributed by atoms with Gasteiger partial charge in [0, 0.05) is 43.2 Å². The van der Waals surface area contributed by atoms with Crippen LogP contribution in [0, 0.1) is 0 Å². The number of imidazole rings is 1. The zero-order chi connectivity index (χ0) is 24.4. The fraction of sp³-hybridized carbons (Fsp3) is 0.269. The van der Waals surface area contributed by atoms with Crippen molar-refractivity contribution in [2.45, 2.75) is 38.6 Å². The molecule has 1 aliphatic heterocycles. The molecule has 9 heteroatoms. The third-order valence-electron chi connectivity index (χ3n) is 6.39. The van der Waals surface area contributed by atoms with E-state index in [0.29, 0.717) is 35.0 Å². The number of benzene rings is 1. The average molecular weight is 470 g/mol. The van der Waals surface area contributed by atoms with Crippen LogP contribution in [0.4, 0.5) is 11.6 Å². The van der Waals surface area contributed by atoms with Crippen LogP contribution in [0.5, 0.6) is 0 Å². The Morgan fingerprint density at radius 3 is 2.60 bits per heavy atom. The highest BCUT2D eigenvalue weighted by Gasteiger charge is 2.30. The monoisotopic (exact) mass is 469 g/mol. The Labute approximate surface area is 203 Å². The Morgan fingerprint density at radius 1 is 1.03 bits per heavy atom. The average Bonchev–Trinajstić information content (AvgIpc) is 3.08. The van der Waals surface area contributed by atoms with Crippen molar-refractivity contribution in [3.05, 3.63) is 72.4 Å². The molecule has 0 aliphatic carbocycles. The first-order chi connectivity index (χ1) is 17.0. The van der Waals surface area contributed by atoms with E-state index in [1.165, 1.54) is 0 Å². The van der Waals surface area contributed by atoms with Gasteiger partial charge in [-0.25, -0.2) is 15.0 Å². The summed E-state index contributed by atoms with van der Waals surface area (Å²) in [5.41, 5.74) is 8.99. The van der Waals surface area contributed by atoms with Crippen molar-refractivity contribution in [1.82, 2.24) is 24.3 Å². The Kier molecular flexibility index (Phi) is 6.13. The molecule has 3 N–H and O–H groups in total. The van der Waals surface area contributed by atoms with Gasteiger partial charge in [0.25, 0.3) is 5.91 Å². The summed E-state index contributed by atoms with van der Waals surface area (Å²) in [5.74, 6) is 1.42. The first-order valence-corrected chi connectivity index (χ1v) is 11.8. The van der Waals surface area contributed by atoms with Gasteiger partial charge in [-0.3, -0.25) is 14.0 Å². The predicted octanol–water partition coefficient (Wildman–Crippen LogP) is 4.09. The summed E-state index contributed by atoms with van der Waals surface area (Å²) in [4.78, 5) is 40.4. The number of carbonyl (C=O) groups is 2. The molecule has 9 nitrogen and oxygen atoms in total. The van der Waals surface area contributed by atoms with Crippen LogP contribution in [0.15, 0.2) is 61.1 Å². The largest absolute Gasteiger partial charge is 0.382 e. The van der Waals surface area contributed by atoms with E-state index in [2.05, 4.69) is 15.3 Å². The number of nitrogens with two attached hydrogens (primary N) is 1. The fourth-order valence-electron chi connectivity index (χ4n) is 4.68. The van der Waals surface area contributed by atoms with E-state index in [1.54, 1.807) is 43.6 Å². The summed E-state index contributed by atoms with van der Waals surface area (Å²) in [5, 5.41) is 2.79. The molecule has 4 heterocycles. The number of hydrogen-bond donors (Lipinski definition) is 2. The number of nitrogen functional groups attached to an aromatic ring is 1. The van der Waals surface area contributed by atoms with Gasteiger partial charge in [-0.15, -0.1) is 0 Å². The van der Waals surface area contributed by atoms with Crippen molar-refractivity contribution in [1.29, 1.82) is 0 Å². The highest BCUT2D eigenvalue weighted by Crippen LogP contribution is 2.35. The molecule has 1 aromatic carbocycles. The van der Waals surface area contributed by atoms with Gasteiger partial charge in [0.1, 0.15) is 28.7 Å². The minimum atomic E-state index is -0.248. The standard InChI is InChI=1S/C26H27N7O2/c1-17(34)32-15-6-2-3-7-20(32)25-31-22(23-24(27)29-14-16-33(23)25)18-9-11-19(12-10-18)26(35)30-21-8-4-5-13-28-21/h4-5,8-14,16,20H,2-3,6-7,15H2,1H3,(H2,27,29)(H,28,30,35). The number of likely N-dealkylation sites (tertiary alicyclic amines) is 1. The van der Waals surface area contributed by atoms with Gasteiger partial charge in [0.05, 0.1) is 6.04 Å². The van der Waals surface area contributed by atoms with Gasteiger partial charge in [0.15, 0.2) is 0 Å². The maximum absolute atomic E-state index is 12.6. The second-order valence-electron chi connectivity index (χ2n) is 8.67. The van der Waals surface area contributed by atoms with E-state index in [-0.39, 0.29) is 17.9 Å². The first-order valence-electron chi connectivity index (χ1n) is 11.8. The Balaban J connectivity index is 1.52. The number of nitrogens with zero attached hydrogens (tertiary/aromatic N) is 5. The van der Waals surface area contributed by atoms with Gasteiger partial charge in [-0.2, -0.15) is 0 Å². The molecular formula is C26H27N7O2. The maximum Gasteiger partial charge on any atom is 0.256 e. The lowest BCUT2D eigenvalue weighted by atomic mass is 10.1. The maximum atomic E-state index is 12.6. The molecule has 4 aromatic rings. The summed E-state index contributed by atoms with van der Waals surface area (Å²) in [6.07, 6.45) is 9.05. The quantitative estimate of drug-likeness (QED) is 0.465. The van der Waals surface area contributed by atoms with Crippen molar-refractivity contribution in [3.63, 3.8) is 0 Å². The van der Waals surface area contributed by atoms with Gasteiger partial charge in [0.2, 0.25) is 5.91 Å². The molecule has 1 fully saturated rings. The van der Waals surface area contributed by atoms with E-state index in [1.807, 2.05) is 33.7 Å². The van der Waals surface area contributed by atoms with Crippen molar-refractivity contribution in [3.8, 4) is 11.3 Å². The summed E-state index contributed by atoms with van der Waals surface area (Å²) >= 11 is 0. The number of aromatic nitrogens is 4. The number of rotatable bonds is 4. The summed E-state index contributed by atoms with van der Waals surface area (Å²) in [6, 6.07) is 12.4. The topological polar surface area (TPSA) is 119 Å². The predicted molar refractivity (Wildman–Crippen MR) is 134 cm³/mol. The third-order valence-corrected chi connectivity index (χ3v) is 6.39. The fourth-order valence-corrected chi connectivity index (χ4v) is 4.68. The van der Waals surface area contributed by atoms with Gasteiger partial charge in [-0.05, 0) is 37.1 Å². The molecule has 0 bridgehead atoms. The molecule has 0 radical (unpaired) electrons. The minimum Gasteiger partial charge on any atom is -0.382 e. The van der Waals surface area contributed by atoms with Crippen LogP contribution in [-0.4, -0.2) is 42.6 Å². The Morgan fingerprint density at radius 2 is 1.86 bits per heavy atom. The molecule has 1 saturated heterocycles. The molecule has 0 saturated carbocycles. The highest BCUT2D eigenvalue weighted by molar-refractivity contribution is 6.04. The Bertz CT molecular complexity index is 1370. The molecule has 5 rings (SSSR count). The van der Waals surface area contributed by atoms with E-state index in [0.717, 1.165) is 37.1 Å². The highest BCUT2D eigenvalue weighted by atomic mass is 16.2. The van der Waals surface area contributed by atoms with Crippen molar-refractivity contribution >= 4 is 29.0 Å². The number of carbonyl (C=O) groups excluding carboxylic acids is 2. The van der Waals surface area contributed by atoms with Crippen molar-refractivity contribution in [2.75, 3.05) is 17.6 Å². The lowest BCUT2D eigenvalue weighted by Gasteiger charge is -2.28. The zero-order valence-corrected chi connectivity index (χ0v) is 19.5. The summed E-state index contributed by atoms with van der Waals surface area (Å²) in [7, 11) is 0. The first kappa shape index (κ1) is 22.5. The molecule has 3 aromatic heterocycles. The van der Waals surface area contributed by atoms with E-state index < -0.39 is 0 Å². The molecule has 178 valence electrons. The Hall–Kier alpha value is -4.27. The number of pyridine rings is 1. The van der Waals surface area contributed by atoms with Gasteiger partial charge < -0.3 is 16.0 Å². The number of nitrogens with one attached hydrogen (secondary N) is 1. The lowest BCUT2D eigenvalue weighted by Crippen LogP contribution is -2.33. The number of amides is 2. The van der Waals surface area contributed by atoms with Crippen LogP contribution in [0.25, 0.3) is 16.8 Å². The molecular weight excluding hydrogens is 442 g/mol. The third kappa shape index (κ3) is 4.44. The van der Waals surface area contributed by atoms with Gasteiger partial charge in [-0.1, -0.05) is 31.0 Å². The van der Waals surface area contributed by atoms with Crippen molar-refractivity contribution < 1.29 is 9.59 Å². The lowest BCUT2D eigenvalue weighted by molar-refractivity contribution is -0.131. The van der Waals surface area contributed by atoms with Crippen molar-refractivity contribution in [2.24, 2.45) is 0 Å². The van der Waals surface area contributed by atoms with Crippen LogP contribution in [0.1, 0.15) is 54.8 Å².